The van der Waals surface area contributed by atoms with Gasteiger partial charge < -0.3 is 20.1 Å². The number of rotatable bonds is 6. The number of benzene rings is 1. The van der Waals surface area contributed by atoms with Gasteiger partial charge in [-0.05, 0) is 50.4 Å². The van der Waals surface area contributed by atoms with Gasteiger partial charge in [0.05, 0.1) is 14.2 Å². The highest BCUT2D eigenvalue weighted by atomic mass is 16.5. The van der Waals surface area contributed by atoms with Crippen LogP contribution < -0.4 is 20.1 Å². The summed E-state index contributed by atoms with van der Waals surface area (Å²) in [6.45, 7) is 2.14. The monoisotopic (exact) mass is 292 g/mol. The van der Waals surface area contributed by atoms with Gasteiger partial charge in [0.2, 0.25) is 5.91 Å². The van der Waals surface area contributed by atoms with Crippen LogP contribution in [0, 0.1) is 5.92 Å². The van der Waals surface area contributed by atoms with Crippen LogP contribution >= 0.6 is 0 Å². The Hall–Kier alpha value is -1.75. The van der Waals surface area contributed by atoms with Crippen molar-refractivity contribution < 1.29 is 14.3 Å². The van der Waals surface area contributed by atoms with E-state index in [1.807, 2.05) is 6.07 Å². The van der Waals surface area contributed by atoms with E-state index < -0.39 is 0 Å². The average Bonchev–Trinajstić information content (AvgIpc) is 2.53. The summed E-state index contributed by atoms with van der Waals surface area (Å²) >= 11 is 0. The lowest BCUT2D eigenvalue weighted by Gasteiger charge is -2.22. The number of hydrogen-bond acceptors (Lipinski definition) is 4. The second-order valence-corrected chi connectivity index (χ2v) is 5.35. The molecule has 0 bridgehead atoms. The topological polar surface area (TPSA) is 59.6 Å². The van der Waals surface area contributed by atoms with Crippen molar-refractivity contribution in [3.05, 3.63) is 18.2 Å². The number of methoxy groups -OCH3 is 2. The van der Waals surface area contributed by atoms with Gasteiger partial charge in [-0.25, -0.2) is 0 Å². The Morgan fingerprint density at radius 1 is 1.24 bits per heavy atom. The molecule has 21 heavy (non-hydrogen) atoms. The number of amides is 1. The summed E-state index contributed by atoms with van der Waals surface area (Å²) in [5, 5.41) is 6.26. The molecule has 0 spiro atoms. The van der Waals surface area contributed by atoms with Crippen LogP contribution in [0.4, 0.5) is 5.69 Å². The highest BCUT2D eigenvalue weighted by molar-refractivity contribution is 5.91. The maximum Gasteiger partial charge on any atom is 0.224 e. The summed E-state index contributed by atoms with van der Waals surface area (Å²) in [6.07, 6.45) is 3.87. The van der Waals surface area contributed by atoms with Crippen LogP contribution in [0.25, 0.3) is 0 Å². The number of piperidine rings is 1. The lowest BCUT2D eigenvalue weighted by molar-refractivity contribution is -0.116. The zero-order valence-electron chi connectivity index (χ0n) is 12.8. The summed E-state index contributed by atoms with van der Waals surface area (Å²) in [5.74, 6) is 2.00. The largest absolute Gasteiger partial charge is 0.493 e. The SMILES string of the molecule is COc1ccc(NC(=O)CCC2CCNCC2)cc1OC. The first kappa shape index (κ1) is 15.6. The predicted molar refractivity (Wildman–Crippen MR) is 83.0 cm³/mol. The molecular weight excluding hydrogens is 268 g/mol. The number of carbonyl (C=O) groups is 1. The first-order valence-corrected chi connectivity index (χ1v) is 7.45. The minimum absolute atomic E-state index is 0.0563. The normalized spacial score (nSPS) is 15.5. The van der Waals surface area contributed by atoms with E-state index in [4.69, 9.17) is 9.47 Å². The fraction of sp³-hybridized carbons (Fsp3) is 0.562. The molecule has 1 fully saturated rings. The molecule has 1 aliphatic heterocycles. The minimum Gasteiger partial charge on any atom is -0.493 e. The third-order valence-electron chi connectivity index (χ3n) is 3.91. The van der Waals surface area contributed by atoms with E-state index in [-0.39, 0.29) is 5.91 Å². The highest BCUT2D eigenvalue weighted by Gasteiger charge is 2.15. The molecular formula is C16H24N2O3. The van der Waals surface area contributed by atoms with Crippen molar-refractivity contribution in [2.75, 3.05) is 32.6 Å². The van der Waals surface area contributed by atoms with Gasteiger partial charge in [0.25, 0.3) is 0 Å². The van der Waals surface area contributed by atoms with Gasteiger partial charge in [-0.3, -0.25) is 4.79 Å². The molecule has 2 N–H and O–H groups in total. The number of nitrogens with one attached hydrogen (secondary N) is 2. The molecule has 1 heterocycles. The van der Waals surface area contributed by atoms with Gasteiger partial charge in [0.1, 0.15) is 0 Å². The number of anilines is 1. The molecule has 1 saturated heterocycles. The van der Waals surface area contributed by atoms with Crippen molar-refractivity contribution in [1.82, 2.24) is 5.32 Å². The van der Waals surface area contributed by atoms with E-state index in [1.165, 1.54) is 12.8 Å². The van der Waals surface area contributed by atoms with Gasteiger partial charge in [-0.1, -0.05) is 0 Å². The quantitative estimate of drug-likeness (QED) is 0.845. The van der Waals surface area contributed by atoms with Crippen LogP contribution in [0.15, 0.2) is 18.2 Å². The van der Waals surface area contributed by atoms with E-state index in [0.29, 0.717) is 23.8 Å². The molecule has 0 saturated carbocycles. The standard InChI is InChI=1S/C16H24N2O3/c1-20-14-5-4-13(11-15(14)21-2)18-16(19)6-3-12-7-9-17-10-8-12/h4-5,11-12,17H,3,6-10H2,1-2H3,(H,18,19). The zero-order valence-corrected chi connectivity index (χ0v) is 12.8. The maximum atomic E-state index is 12.0. The molecule has 1 aliphatic rings. The molecule has 2 rings (SSSR count). The molecule has 0 aromatic heterocycles. The highest BCUT2D eigenvalue weighted by Crippen LogP contribution is 2.29. The van der Waals surface area contributed by atoms with Crippen molar-refractivity contribution >= 4 is 11.6 Å². The minimum atomic E-state index is 0.0563. The van der Waals surface area contributed by atoms with E-state index >= 15 is 0 Å². The molecule has 0 aliphatic carbocycles. The van der Waals surface area contributed by atoms with E-state index in [0.717, 1.165) is 25.2 Å². The van der Waals surface area contributed by atoms with Crippen molar-refractivity contribution in [2.45, 2.75) is 25.7 Å². The molecule has 0 unspecified atom stereocenters. The third-order valence-corrected chi connectivity index (χ3v) is 3.91. The summed E-state index contributed by atoms with van der Waals surface area (Å²) in [7, 11) is 3.18. The second-order valence-electron chi connectivity index (χ2n) is 5.35. The molecule has 1 amide bonds. The summed E-state index contributed by atoms with van der Waals surface area (Å²) in [5.41, 5.74) is 0.739. The third kappa shape index (κ3) is 4.63. The first-order valence-electron chi connectivity index (χ1n) is 7.45. The van der Waals surface area contributed by atoms with Crippen molar-refractivity contribution in [3.63, 3.8) is 0 Å². The van der Waals surface area contributed by atoms with Crippen LogP contribution in [0.5, 0.6) is 11.5 Å². The predicted octanol–water partition coefficient (Wildman–Crippen LogP) is 2.42. The second kappa shape index (κ2) is 7.88. The molecule has 0 radical (unpaired) electrons. The number of ether oxygens (including phenoxy) is 2. The summed E-state index contributed by atoms with van der Waals surface area (Å²) in [4.78, 5) is 12.0. The summed E-state index contributed by atoms with van der Waals surface area (Å²) in [6, 6.07) is 5.40. The van der Waals surface area contributed by atoms with Crippen LogP contribution in [-0.4, -0.2) is 33.2 Å². The fourth-order valence-electron chi connectivity index (χ4n) is 2.64. The van der Waals surface area contributed by atoms with Crippen LogP contribution in [-0.2, 0) is 4.79 Å². The molecule has 1 aromatic carbocycles. The van der Waals surface area contributed by atoms with Crippen molar-refractivity contribution in [3.8, 4) is 11.5 Å². The Bertz CT molecular complexity index is 471. The molecule has 5 nitrogen and oxygen atoms in total. The smallest absolute Gasteiger partial charge is 0.224 e. The van der Waals surface area contributed by atoms with Gasteiger partial charge in [-0.15, -0.1) is 0 Å². The average molecular weight is 292 g/mol. The Morgan fingerprint density at radius 2 is 1.95 bits per heavy atom. The van der Waals surface area contributed by atoms with E-state index in [2.05, 4.69) is 10.6 Å². The van der Waals surface area contributed by atoms with Gasteiger partial charge in [-0.2, -0.15) is 0 Å². The Labute approximate surface area is 126 Å². The zero-order chi connectivity index (χ0) is 15.1. The van der Waals surface area contributed by atoms with Gasteiger partial charge in [0.15, 0.2) is 11.5 Å². The van der Waals surface area contributed by atoms with Crippen LogP contribution in [0.2, 0.25) is 0 Å². The Balaban J connectivity index is 1.84. The van der Waals surface area contributed by atoms with Gasteiger partial charge in [0, 0.05) is 18.2 Å². The maximum absolute atomic E-state index is 12.0. The molecule has 1 aromatic rings. The van der Waals surface area contributed by atoms with E-state index in [9.17, 15) is 4.79 Å². The molecule has 116 valence electrons. The van der Waals surface area contributed by atoms with Crippen molar-refractivity contribution in [2.24, 2.45) is 5.92 Å². The van der Waals surface area contributed by atoms with E-state index in [1.54, 1.807) is 26.4 Å². The Kier molecular flexibility index (Phi) is 5.87. The van der Waals surface area contributed by atoms with Crippen molar-refractivity contribution in [1.29, 1.82) is 0 Å². The number of hydrogen-bond donors (Lipinski definition) is 2. The number of carbonyl (C=O) groups excluding carboxylic acids is 1. The van der Waals surface area contributed by atoms with Crippen LogP contribution in [0.3, 0.4) is 0 Å². The molecule has 5 heteroatoms. The summed E-state index contributed by atoms with van der Waals surface area (Å²) < 4.78 is 10.4. The van der Waals surface area contributed by atoms with Gasteiger partial charge >= 0.3 is 0 Å². The lowest BCUT2D eigenvalue weighted by atomic mass is 9.93. The first-order chi connectivity index (χ1) is 10.2. The van der Waals surface area contributed by atoms with Crippen LogP contribution in [0.1, 0.15) is 25.7 Å². The lowest BCUT2D eigenvalue weighted by Crippen LogP contribution is -2.28. The Morgan fingerprint density at radius 3 is 2.62 bits per heavy atom. The molecule has 0 atom stereocenters. The fourth-order valence-corrected chi connectivity index (χ4v) is 2.64.